The van der Waals surface area contributed by atoms with Crippen LogP contribution in [-0.4, -0.2) is 42.4 Å². The van der Waals surface area contributed by atoms with Crippen molar-refractivity contribution in [2.24, 2.45) is 7.05 Å². The van der Waals surface area contributed by atoms with Crippen LogP contribution >= 0.6 is 0 Å². The molecule has 3 aromatic heterocycles. The van der Waals surface area contributed by atoms with E-state index in [1.165, 1.54) is 17.0 Å². The second kappa shape index (κ2) is 6.02. The SMILES string of the molecule is Cc1cc2nc(C3CCN(Cc4cnn(C)c4C)CC3)ccn2n1. The van der Waals surface area contributed by atoms with Gasteiger partial charge in [-0.25, -0.2) is 9.50 Å². The van der Waals surface area contributed by atoms with Gasteiger partial charge in [0.1, 0.15) is 0 Å². The molecule has 4 rings (SSSR count). The van der Waals surface area contributed by atoms with Gasteiger partial charge in [-0.1, -0.05) is 0 Å². The molecule has 6 heteroatoms. The van der Waals surface area contributed by atoms with Crippen molar-refractivity contribution in [1.82, 2.24) is 29.3 Å². The van der Waals surface area contributed by atoms with Crippen molar-refractivity contribution < 1.29 is 0 Å². The van der Waals surface area contributed by atoms with Crippen LogP contribution in [0.1, 0.15) is 41.4 Å². The first-order chi connectivity index (χ1) is 11.6. The summed E-state index contributed by atoms with van der Waals surface area (Å²) in [6.07, 6.45) is 6.36. The van der Waals surface area contributed by atoms with E-state index in [1.54, 1.807) is 0 Å². The summed E-state index contributed by atoms with van der Waals surface area (Å²) >= 11 is 0. The van der Waals surface area contributed by atoms with Gasteiger partial charge in [-0.15, -0.1) is 0 Å². The van der Waals surface area contributed by atoms with E-state index in [-0.39, 0.29) is 0 Å². The highest BCUT2D eigenvalue weighted by Gasteiger charge is 2.22. The van der Waals surface area contributed by atoms with Crippen LogP contribution in [0.25, 0.3) is 5.65 Å². The molecule has 1 aliphatic rings. The van der Waals surface area contributed by atoms with Crippen LogP contribution in [0.15, 0.2) is 24.5 Å². The van der Waals surface area contributed by atoms with Gasteiger partial charge in [-0.3, -0.25) is 9.58 Å². The lowest BCUT2D eigenvalue weighted by molar-refractivity contribution is 0.203. The first kappa shape index (κ1) is 15.3. The number of hydrogen-bond donors (Lipinski definition) is 0. The molecule has 0 radical (unpaired) electrons. The monoisotopic (exact) mass is 324 g/mol. The molecule has 126 valence electrons. The maximum Gasteiger partial charge on any atom is 0.155 e. The highest BCUT2D eigenvalue weighted by Crippen LogP contribution is 2.28. The van der Waals surface area contributed by atoms with Gasteiger partial charge in [0.05, 0.1) is 11.9 Å². The summed E-state index contributed by atoms with van der Waals surface area (Å²) in [4.78, 5) is 7.34. The third kappa shape index (κ3) is 2.82. The highest BCUT2D eigenvalue weighted by atomic mass is 15.3. The number of aromatic nitrogens is 5. The van der Waals surface area contributed by atoms with Crippen molar-refractivity contribution in [3.8, 4) is 0 Å². The molecule has 3 aromatic rings. The summed E-state index contributed by atoms with van der Waals surface area (Å²) in [5.74, 6) is 0.552. The van der Waals surface area contributed by atoms with Crippen molar-refractivity contribution in [3.05, 3.63) is 47.2 Å². The van der Waals surface area contributed by atoms with Gasteiger partial charge in [0.2, 0.25) is 0 Å². The number of nitrogens with zero attached hydrogens (tertiary/aromatic N) is 6. The van der Waals surface area contributed by atoms with Crippen molar-refractivity contribution in [1.29, 1.82) is 0 Å². The lowest BCUT2D eigenvalue weighted by atomic mass is 9.93. The van der Waals surface area contributed by atoms with Crippen LogP contribution in [0.3, 0.4) is 0 Å². The number of rotatable bonds is 3. The van der Waals surface area contributed by atoms with E-state index < -0.39 is 0 Å². The normalized spacial score (nSPS) is 17.0. The minimum atomic E-state index is 0.552. The molecule has 4 heterocycles. The summed E-state index contributed by atoms with van der Waals surface area (Å²) in [7, 11) is 2.01. The van der Waals surface area contributed by atoms with E-state index in [0.29, 0.717) is 5.92 Å². The number of aryl methyl sites for hydroxylation is 2. The first-order valence-corrected chi connectivity index (χ1v) is 8.63. The van der Waals surface area contributed by atoms with E-state index in [0.717, 1.165) is 43.8 Å². The molecule has 0 aliphatic carbocycles. The molecule has 0 spiro atoms. The Morgan fingerprint density at radius 2 is 2.00 bits per heavy atom. The third-order valence-electron chi connectivity index (χ3n) is 5.21. The third-order valence-corrected chi connectivity index (χ3v) is 5.21. The molecule has 24 heavy (non-hydrogen) atoms. The van der Waals surface area contributed by atoms with Crippen LogP contribution in [0.5, 0.6) is 0 Å². The zero-order valence-electron chi connectivity index (χ0n) is 14.6. The molecule has 1 aliphatic heterocycles. The zero-order chi connectivity index (χ0) is 16.7. The van der Waals surface area contributed by atoms with Gasteiger partial charge in [0.25, 0.3) is 0 Å². The fraction of sp³-hybridized carbons (Fsp3) is 0.500. The average Bonchev–Trinajstić information content (AvgIpc) is 3.11. The predicted molar refractivity (Wildman–Crippen MR) is 92.9 cm³/mol. The van der Waals surface area contributed by atoms with Gasteiger partial charge in [-0.05, 0) is 45.8 Å². The van der Waals surface area contributed by atoms with Crippen LogP contribution in [-0.2, 0) is 13.6 Å². The Balaban J connectivity index is 1.42. The van der Waals surface area contributed by atoms with E-state index in [9.17, 15) is 0 Å². The molecule has 0 unspecified atom stereocenters. The van der Waals surface area contributed by atoms with Crippen molar-refractivity contribution >= 4 is 5.65 Å². The van der Waals surface area contributed by atoms with Crippen LogP contribution in [0, 0.1) is 13.8 Å². The summed E-state index contributed by atoms with van der Waals surface area (Å²) < 4.78 is 3.81. The smallest absolute Gasteiger partial charge is 0.155 e. The maximum atomic E-state index is 4.81. The lowest BCUT2D eigenvalue weighted by Crippen LogP contribution is -2.32. The van der Waals surface area contributed by atoms with Gasteiger partial charge >= 0.3 is 0 Å². The Kier molecular flexibility index (Phi) is 3.84. The minimum absolute atomic E-state index is 0.552. The second-order valence-electron chi connectivity index (χ2n) is 6.87. The molecule has 0 amide bonds. The zero-order valence-corrected chi connectivity index (χ0v) is 14.6. The quantitative estimate of drug-likeness (QED) is 0.742. The van der Waals surface area contributed by atoms with Crippen molar-refractivity contribution in [2.45, 2.75) is 39.2 Å². The molecule has 0 bridgehead atoms. The largest absolute Gasteiger partial charge is 0.299 e. The van der Waals surface area contributed by atoms with E-state index in [2.05, 4.69) is 28.1 Å². The highest BCUT2D eigenvalue weighted by molar-refractivity contribution is 5.39. The average molecular weight is 324 g/mol. The minimum Gasteiger partial charge on any atom is -0.299 e. The van der Waals surface area contributed by atoms with Crippen LogP contribution in [0.2, 0.25) is 0 Å². The number of fused-ring (bicyclic) bond motifs is 1. The van der Waals surface area contributed by atoms with Gasteiger partial charge in [0, 0.05) is 48.7 Å². The lowest BCUT2D eigenvalue weighted by Gasteiger charge is -2.31. The Bertz CT molecular complexity index is 854. The van der Waals surface area contributed by atoms with Gasteiger partial charge in [-0.2, -0.15) is 10.2 Å². The van der Waals surface area contributed by atoms with Gasteiger partial charge in [0.15, 0.2) is 5.65 Å². The van der Waals surface area contributed by atoms with Crippen molar-refractivity contribution in [2.75, 3.05) is 13.1 Å². The molecule has 0 atom stereocenters. The molecule has 1 saturated heterocycles. The Morgan fingerprint density at radius 3 is 2.71 bits per heavy atom. The van der Waals surface area contributed by atoms with Crippen molar-refractivity contribution in [3.63, 3.8) is 0 Å². The summed E-state index contributed by atoms with van der Waals surface area (Å²) in [5.41, 5.74) is 5.78. The molecule has 0 N–H and O–H groups in total. The molecule has 0 saturated carbocycles. The maximum absolute atomic E-state index is 4.81. The molecule has 1 fully saturated rings. The number of hydrogen-bond acceptors (Lipinski definition) is 4. The summed E-state index contributed by atoms with van der Waals surface area (Å²) in [6.45, 7) is 7.38. The van der Waals surface area contributed by atoms with Crippen LogP contribution < -0.4 is 0 Å². The fourth-order valence-electron chi connectivity index (χ4n) is 3.57. The first-order valence-electron chi connectivity index (χ1n) is 8.63. The Labute approximate surface area is 142 Å². The molecule has 6 nitrogen and oxygen atoms in total. The topological polar surface area (TPSA) is 51.2 Å². The van der Waals surface area contributed by atoms with E-state index >= 15 is 0 Å². The molecular formula is C18H24N6. The molecular weight excluding hydrogens is 300 g/mol. The number of likely N-dealkylation sites (tertiary alicyclic amines) is 1. The van der Waals surface area contributed by atoms with E-state index in [1.807, 2.05) is 41.6 Å². The predicted octanol–water partition coefficient (Wildman–Crippen LogP) is 2.46. The fourth-order valence-corrected chi connectivity index (χ4v) is 3.57. The number of piperidine rings is 1. The van der Waals surface area contributed by atoms with E-state index in [4.69, 9.17) is 4.98 Å². The van der Waals surface area contributed by atoms with Crippen LogP contribution in [0.4, 0.5) is 0 Å². The summed E-state index contributed by atoms with van der Waals surface area (Å²) in [6, 6.07) is 4.18. The molecule has 0 aromatic carbocycles. The standard InChI is InChI=1S/C18H24N6/c1-13-10-18-20-17(6-9-24(18)21-13)15-4-7-23(8-5-15)12-16-11-19-22(3)14(16)2/h6,9-11,15H,4-5,7-8,12H2,1-3H3. The Morgan fingerprint density at radius 1 is 1.21 bits per heavy atom. The Hall–Kier alpha value is -2.21. The second-order valence-corrected chi connectivity index (χ2v) is 6.87. The van der Waals surface area contributed by atoms with Gasteiger partial charge < -0.3 is 0 Å². The summed E-state index contributed by atoms with van der Waals surface area (Å²) in [5, 5.41) is 8.75.